The van der Waals surface area contributed by atoms with Crippen LogP contribution in [0, 0.1) is 0 Å². The van der Waals surface area contributed by atoms with Gasteiger partial charge in [-0.15, -0.1) is 0 Å². The Morgan fingerprint density at radius 1 is 1.05 bits per heavy atom. The van der Waals surface area contributed by atoms with Gasteiger partial charge in [-0.2, -0.15) is 0 Å². The summed E-state index contributed by atoms with van der Waals surface area (Å²) in [6, 6.07) is 15.0. The molecule has 1 aliphatic heterocycles. The van der Waals surface area contributed by atoms with Crippen LogP contribution in [0.3, 0.4) is 0 Å². The van der Waals surface area contributed by atoms with Crippen LogP contribution in [0.5, 0.6) is 5.75 Å². The molecule has 1 saturated heterocycles. The first-order valence-electron chi connectivity index (χ1n) is 7.41. The minimum absolute atomic E-state index is 0.394. The zero-order chi connectivity index (χ0) is 13.8. The molecular weight excluding hydrogens is 248 g/mol. The summed E-state index contributed by atoms with van der Waals surface area (Å²) in [5.41, 5.74) is 5.92. The molecule has 20 heavy (non-hydrogen) atoms. The van der Waals surface area contributed by atoms with Gasteiger partial charge in [0.15, 0.2) is 0 Å². The predicted octanol–water partition coefficient (Wildman–Crippen LogP) is 2.64. The van der Waals surface area contributed by atoms with E-state index in [1.807, 2.05) is 0 Å². The van der Waals surface area contributed by atoms with E-state index in [0.29, 0.717) is 6.04 Å². The van der Waals surface area contributed by atoms with Gasteiger partial charge in [-0.25, -0.2) is 0 Å². The van der Waals surface area contributed by atoms with Crippen LogP contribution in [0.4, 0.5) is 0 Å². The van der Waals surface area contributed by atoms with Crippen molar-refractivity contribution in [3.05, 3.63) is 42.5 Å². The molecule has 3 nitrogen and oxygen atoms in total. The minimum atomic E-state index is 0.394. The highest BCUT2D eigenvalue weighted by atomic mass is 16.5. The number of piperidine rings is 1. The zero-order valence-corrected chi connectivity index (χ0v) is 11.8. The SMILES string of the molecule is NC1CCN(CCOc2cccc3ccccc23)CC1. The number of likely N-dealkylation sites (tertiary alicyclic amines) is 1. The molecule has 106 valence electrons. The van der Waals surface area contributed by atoms with Crippen molar-refractivity contribution in [1.82, 2.24) is 4.90 Å². The van der Waals surface area contributed by atoms with Crippen LogP contribution >= 0.6 is 0 Å². The molecule has 1 heterocycles. The highest BCUT2D eigenvalue weighted by Gasteiger charge is 2.15. The van der Waals surface area contributed by atoms with E-state index in [2.05, 4.69) is 47.4 Å². The molecule has 1 fully saturated rings. The molecule has 0 unspecified atom stereocenters. The van der Waals surface area contributed by atoms with Gasteiger partial charge in [0.05, 0.1) is 0 Å². The van der Waals surface area contributed by atoms with Crippen LogP contribution in [-0.4, -0.2) is 37.2 Å². The quantitative estimate of drug-likeness (QED) is 0.928. The molecule has 3 rings (SSSR count). The summed E-state index contributed by atoms with van der Waals surface area (Å²) in [6.07, 6.45) is 2.21. The molecular formula is C17H22N2O. The number of fused-ring (bicyclic) bond motifs is 1. The fourth-order valence-electron chi connectivity index (χ4n) is 2.78. The van der Waals surface area contributed by atoms with Crippen molar-refractivity contribution < 1.29 is 4.74 Å². The van der Waals surface area contributed by atoms with Crippen LogP contribution in [0.15, 0.2) is 42.5 Å². The maximum atomic E-state index is 5.98. The van der Waals surface area contributed by atoms with E-state index in [9.17, 15) is 0 Å². The largest absolute Gasteiger partial charge is 0.492 e. The van der Waals surface area contributed by atoms with Gasteiger partial charge >= 0.3 is 0 Å². The third kappa shape index (κ3) is 3.11. The van der Waals surface area contributed by atoms with Crippen LogP contribution in [-0.2, 0) is 0 Å². The Hall–Kier alpha value is -1.58. The van der Waals surface area contributed by atoms with E-state index in [1.165, 1.54) is 10.8 Å². The summed E-state index contributed by atoms with van der Waals surface area (Å²) >= 11 is 0. The Kier molecular flexibility index (Phi) is 4.19. The van der Waals surface area contributed by atoms with Crippen LogP contribution < -0.4 is 10.5 Å². The number of benzene rings is 2. The van der Waals surface area contributed by atoms with Crippen molar-refractivity contribution >= 4 is 10.8 Å². The van der Waals surface area contributed by atoms with Gasteiger partial charge in [-0.05, 0) is 37.4 Å². The molecule has 2 N–H and O–H groups in total. The lowest BCUT2D eigenvalue weighted by Crippen LogP contribution is -2.41. The lowest BCUT2D eigenvalue weighted by molar-refractivity contribution is 0.175. The first-order valence-corrected chi connectivity index (χ1v) is 7.41. The molecule has 0 spiro atoms. The minimum Gasteiger partial charge on any atom is -0.492 e. The molecule has 0 saturated carbocycles. The van der Waals surface area contributed by atoms with E-state index in [0.717, 1.165) is 44.8 Å². The highest BCUT2D eigenvalue weighted by Crippen LogP contribution is 2.25. The van der Waals surface area contributed by atoms with Crippen LogP contribution in [0.2, 0.25) is 0 Å². The van der Waals surface area contributed by atoms with Crippen LogP contribution in [0.25, 0.3) is 10.8 Å². The topological polar surface area (TPSA) is 38.5 Å². The fraction of sp³-hybridized carbons (Fsp3) is 0.412. The van der Waals surface area contributed by atoms with Gasteiger partial charge in [0, 0.05) is 18.0 Å². The smallest absolute Gasteiger partial charge is 0.127 e. The average Bonchev–Trinajstić information content (AvgIpc) is 2.49. The maximum Gasteiger partial charge on any atom is 0.127 e. The first kappa shape index (κ1) is 13.4. The van der Waals surface area contributed by atoms with Gasteiger partial charge < -0.3 is 10.5 Å². The van der Waals surface area contributed by atoms with Crippen LogP contribution in [0.1, 0.15) is 12.8 Å². The zero-order valence-electron chi connectivity index (χ0n) is 11.8. The average molecular weight is 270 g/mol. The van der Waals surface area contributed by atoms with Crippen molar-refractivity contribution in [3.63, 3.8) is 0 Å². The summed E-state index contributed by atoms with van der Waals surface area (Å²) < 4.78 is 5.98. The van der Waals surface area contributed by atoms with Crippen molar-refractivity contribution in [2.45, 2.75) is 18.9 Å². The number of nitrogens with two attached hydrogens (primary N) is 1. The van der Waals surface area contributed by atoms with Crippen molar-refractivity contribution in [3.8, 4) is 5.75 Å². The molecule has 0 bridgehead atoms. The van der Waals surface area contributed by atoms with Gasteiger partial charge in [0.25, 0.3) is 0 Å². The first-order chi connectivity index (χ1) is 9.83. The standard InChI is InChI=1S/C17H22N2O/c18-15-8-10-19(11-9-15)12-13-20-17-7-3-5-14-4-1-2-6-16(14)17/h1-7,15H,8-13,18H2. The number of ether oxygens (including phenoxy) is 1. The molecule has 0 radical (unpaired) electrons. The molecule has 1 aliphatic rings. The summed E-state index contributed by atoms with van der Waals surface area (Å²) in [6.45, 7) is 3.92. The predicted molar refractivity (Wildman–Crippen MR) is 83.1 cm³/mol. The van der Waals surface area contributed by atoms with Gasteiger partial charge in [-0.3, -0.25) is 4.90 Å². The number of hydrogen-bond acceptors (Lipinski definition) is 3. The molecule has 2 aromatic carbocycles. The van der Waals surface area contributed by atoms with E-state index >= 15 is 0 Å². The maximum absolute atomic E-state index is 5.98. The normalized spacial score (nSPS) is 17.4. The summed E-state index contributed by atoms with van der Waals surface area (Å²) in [4.78, 5) is 2.44. The highest BCUT2D eigenvalue weighted by molar-refractivity contribution is 5.88. The van der Waals surface area contributed by atoms with Gasteiger partial charge in [-0.1, -0.05) is 36.4 Å². The molecule has 3 heteroatoms. The Labute approximate surface area is 120 Å². The van der Waals surface area contributed by atoms with E-state index in [4.69, 9.17) is 10.5 Å². The Morgan fingerprint density at radius 2 is 1.80 bits per heavy atom. The summed E-state index contributed by atoms with van der Waals surface area (Å²) in [5.74, 6) is 0.983. The van der Waals surface area contributed by atoms with Gasteiger partial charge in [0.1, 0.15) is 12.4 Å². The third-order valence-electron chi connectivity index (χ3n) is 4.05. The molecule has 0 aliphatic carbocycles. The second-order valence-electron chi connectivity index (χ2n) is 5.50. The lowest BCUT2D eigenvalue weighted by atomic mass is 10.1. The van der Waals surface area contributed by atoms with E-state index in [1.54, 1.807) is 0 Å². The Balaban J connectivity index is 1.57. The van der Waals surface area contributed by atoms with E-state index < -0.39 is 0 Å². The van der Waals surface area contributed by atoms with Crippen molar-refractivity contribution in [2.75, 3.05) is 26.2 Å². The monoisotopic (exact) mass is 270 g/mol. The number of hydrogen-bond donors (Lipinski definition) is 1. The number of nitrogens with zero attached hydrogens (tertiary/aromatic N) is 1. The second kappa shape index (κ2) is 6.25. The third-order valence-corrected chi connectivity index (χ3v) is 4.05. The Bertz CT molecular complexity index is 556. The molecule has 0 amide bonds. The number of rotatable bonds is 4. The molecule has 0 aromatic heterocycles. The van der Waals surface area contributed by atoms with Gasteiger partial charge in [0.2, 0.25) is 0 Å². The second-order valence-corrected chi connectivity index (χ2v) is 5.50. The summed E-state index contributed by atoms with van der Waals surface area (Å²) in [5, 5.41) is 2.42. The molecule has 2 aromatic rings. The Morgan fingerprint density at radius 3 is 2.65 bits per heavy atom. The molecule has 0 atom stereocenters. The fourth-order valence-corrected chi connectivity index (χ4v) is 2.78. The van der Waals surface area contributed by atoms with Crippen molar-refractivity contribution in [1.29, 1.82) is 0 Å². The van der Waals surface area contributed by atoms with E-state index in [-0.39, 0.29) is 0 Å². The lowest BCUT2D eigenvalue weighted by Gasteiger charge is -2.29. The van der Waals surface area contributed by atoms with Crippen molar-refractivity contribution in [2.24, 2.45) is 5.73 Å². The summed E-state index contributed by atoms with van der Waals surface area (Å²) in [7, 11) is 0.